The van der Waals surface area contributed by atoms with E-state index in [1.165, 1.54) is 19.4 Å². The summed E-state index contributed by atoms with van der Waals surface area (Å²) < 4.78 is 5.47. The third-order valence-electron chi connectivity index (χ3n) is 4.51. The Kier molecular flexibility index (Phi) is 5.42. The number of hydrogen-bond acceptors (Lipinski definition) is 3. The molecule has 0 radical (unpaired) electrons. The Bertz CT molecular complexity index is 230. The third kappa shape index (κ3) is 3.94. The number of nitrogens with one attached hydrogen (secondary N) is 1. The van der Waals surface area contributed by atoms with Crippen LogP contribution in [0.15, 0.2) is 0 Å². The molecule has 1 aliphatic heterocycles. The lowest BCUT2D eigenvalue weighted by Gasteiger charge is -2.43. The first-order valence-electron chi connectivity index (χ1n) is 6.84. The standard InChI is InChI=1S/C14H30N2O/c1-11-9-13(17-6)7-8-16(11)10-14(3,4)12(2)15-5/h11-13,15H,7-10H2,1-6H3. The topological polar surface area (TPSA) is 24.5 Å². The smallest absolute Gasteiger partial charge is 0.0598 e. The van der Waals surface area contributed by atoms with Crippen molar-refractivity contribution in [1.82, 2.24) is 10.2 Å². The maximum Gasteiger partial charge on any atom is 0.0598 e. The molecule has 1 fully saturated rings. The lowest BCUT2D eigenvalue weighted by atomic mass is 9.83. The van der Waals surface area contributed by atoms with Crippen LogP contribution < -0.4 is 5.32 Å². The molecule has 1 heterocycles. The summed E-state index contributed by atoms with van der Waals surface area (Å²) in [5.74, 6) is 0. The van der Waals surface area contributed by atoms with Gasteiger partial charge in [-0.2, -0.15) is 0 Å². The predicted octanol–water partition coefficient (Wildman–Crippen LogP) is 2.12. The van der Waals surface area contributed by atoms with Gasteiger partial charge in [-0.1, -0.05) is 13.8 Å². The number of rotatable bonds is 5. The average molecular weight is 242 g/mol. The first-order valence-corrected chi connectivity index (χ1v) is 6.84. The molecule has 3 unspecified atom stereocenters. The number of methoxy groups -OCH3 is 1. The molecule has 1 saturated heterocycles. The molecule has 0 aromatic carbocycles. The molecule has 3 heteroatoms. The Labute approximate surface area is 107 Å². The van der Waals surface area contributed by atoms with E-state index in [2.05, 4.69) is 37.9 Å². The summed E-state index contributed by atoms with van der Waals surface area (Å²) in [6.07, 6.45) is 2.80. The highest BCUT2D eigenvalue weighted by Crippen LogP contribution is 2.27. The van der Waals surface area contributed by atoms with Crippen LogP contribution in [0.1, 0.15) is 40.5 Å². The average Bonchev–Trinajstić information content (AvgIpc) is 2.30. The fourth-order valence-electron chi connectivity index (χ4n) is 2.68. The lowest BCUT2D eigenvalue weighted by Crippen LogP contribution is -2.51. The SMILES string of the molecule is CNC(C)C(C)(C)CN1CCC(OC)CC1C. The highest BCUT2D eigenvalue weighted by molar-refractivity contribution is 4.87. The van der Waals surface area contributed by atoms with Crippen molar-refractivity contribution in [2.24, 2.45) is 5.41 Å². The second kappa shape index (κ2) is 6.17. The first-order chi connectivity index (χ1) is 7.90. The molecular weight excluding hydrogens is 212 g/mol. The van der Waals surface area contributed by atoms with E-state index in [9.17, 15) is 0 Å². The molecular formula is C14H30N2O. The summed E-state index contributed by atoms with van der Waals surface area (Å²) in [5, 5.41) is 3.38. The fourth-order valence-corrected chi connectivity index (χ4v) is 2.68. The van der Waals surface area contributed by atoms with Crippen LogP contribution >= 0.6 is 0 Å². The molecule has 0 aromatic rings. The zero-order chi connectivity index (χ0) is 13.1. The lowest BCUT2D eigenvalue weighted by molar-refractivity contribution is -0.000576. The molecule has 0 bridgehead atoms. The van der Waals surface area contributed by atoms with Crippen molar-refractivity contribution in [2.75, 3.05) is 27.2 Å². The molecule has 102 valence electrons. The number of ether oxygens (including phenoxy) is 1. The second-order valence-corrected chi connectivity index (χ2v) is 6.20. The van der Waals surface area contributed by atoms with E-state index in [1.54, 1.807) is 0 Å². The van der Waals surface area contributed by atoms with Crippen molar-refractivity contribution in [3.63, 3.8) is 0 Å². The van der Waals surface area contributed by atoms with Crippen LogP contribution in [0.5, 0.6) is 0 Å². The van der Waals surface area contributed by atoms with Gasteiger partial charge in [0, 0.05) is 32.3 Å². The van der Waals surface area contributed by atoms with E-state index < -0.39 is 0 Å². The van der Waals surface area contributed by atoms with Gasteiger partial charge in [0.2, 0.25) is 0 Å². The molecule has 0 aromatic heterocycles. The van der Waals surface area contributed by atoms with Crippen LogP contribution in [0, 0.1) is 5.41 Å². The van der Waals surface area contributed by atoms with Crippen molar-refractivity contribution in [3.05, 3.63) is 0 Å². The van der Waals surface area contributed by atoms with Gasteiger partial charge in [-0.25, -0.2) is 0 Å². The Morgan fingerprint density at radius 1 is 1.47 bits per heavy atom. The molecule has 1 aliphatic rings. The molecule has 0 saturated carbocycles. The van der Waals surface area contributed by atoms with Gasteiger partial charge in [0.15, 0.2) is 0 Å². The third-order valence-corrected chi connectivity index (χ3v) is 4.51. The molecule has 1 rings (SSSR count). The number of piperidine rings is 1. The van der Waals surface area contributed by atoms with E-state index in [4.69, 9.17) is 4.74 Å². The van der Waals surface area contributed by atoms with Crippen LogP contribution in [0.3, 0.4) is 0 Å². The Hall–Kier alpha value is -0.120. The van der Waals surface area contributed by atoms with Gasteiger partial charge in [0.1, 0.15) is 0 Å². The van der Waals surface area contributed by atoms with Crippen LogP contribution in [-0.4, -0.2) is 50.3 Å². The second-order valence-electron chi connectivity index (χ2n) is 6.20. The zero-order valence-corrected chi connectivity index (χ0v) is 12.4. The summed E-state index contributed by atoms with van der Waals surface area (Å²) in [7, 11) is 3.88. The van der Waals surface area contributed by atoms with Crippen molar-refractivity contribution >= 4 is 0 Å². The molecule has 3 nitrogen and oxygen atoms in total. The maximum absolute atomic E-state index is 5.47. The quantitative estimate of drug-likeness (QED) is 0.799. The Morgan fingerprint density at radius 2 is 2.12 bits per heavy atom. The number of likely N-dealkylation sites (tertiary alicyclic amines) is 1. The summed E-state index contributed by atoms with van der Waals surface area (Å²) in [6, 6.07) is 1.17. The largest absolute Gasteiger partial charge is 0.381 e. The Balaban J connectivity index is 2.52. The van der Waals surface area contributed by atoms with E-state index >= 15 is 0 Å². The van der Waals surface area contributed by atoms with Crippen LogP contribution in [-0.2, 0) is 4.74 Å². The molecule has 0 aliphatic carbocycles. The minimum absolute atomic E-state index is 0.308. The van der Waals surface area contributed by atoms with Crippen LogP contribution in [0.2, 0.25) is 0 Å². The highest BCUT2D eigenvalue weighted by Gasteiger charge is 2.32. The van der Waals surface area contributed by atoms with E-state index in [0.717, 1.165) is 6.54 Å². The van der Waals surface area contributed by atoms with Crippen LogP contribution in [0.4, 0.5) is 0 Å². The normalized spacial score (nSPS) is 29.3. The summed E-state index contributed by atoms with van der Waals surface area (Å²) in [5.41, 5.74) is 0.308. The monoisotopic (exact) mass is 242 g/mol. The molecule has 0 spiro atoms. The Morgan fingerprint density at radius 3 is 2.59 bits per heavy atom. The van der Waals surface area contributed by atoms with Gasteiger partial charge in [-0.15, -0.1) is 0 Å². The summed E-state index contributed by atoms with van der Waals surface area (Å²) >= 11 is 0. The number of hydrogen-bond donors (Lipinski definition) is 1. The summed E-state index contributed by atoms with van der Waals surface area (Å²) in [4.78, 5) is 2.61. The first kappa shape index (κ1) is 14.9. The molecule has 3 atom stereocenters. The molecule has 1 N–H and O–H groups in total. The van der Waals surface area contributed by atoms with Crippen LogP contribution in [0.25, 0.3) is 0 Å². The van der Waals surface area contributed by atoms with Crippen molar-refractivity contribution in [3.8, 4) is 0 Å². The van der Waals surface area contributed by atoms with E-state index in [0.29, 0.717) is 23.6 Å². The molecule has 17 heavy (non-hydrogen) atoms. The zero-order valence-electron chi connectivity index (χ0n) is 12.4. The fraction of sp³-hybridized carbons (Fsp3) is 1.00. The van der Waals surface area contributed by atoms with Gasteiger partial charge in [0.25, 0.3) is 0 Å². The minimum Gasteiger partial charge on any atom is -0.381 e. The van der Waals surface area contributed by atoms with Crippen molar-refractivity contribution in [2.45, 2.75) is 58.7 Å². The van der Waals surface area contributed by atoms with Gasteiger partial charge in [-0.3, -0.25) is 4.90 Å². The van der Waals surface area contributed by atoms with Crippen molar-refractivity contribution < 1.29 is 4.74 Å². The van der Waals surface area contributed by atoms with Crippen molar-refractivity contribution in [1.29, 1.82) is 0 Å². The minimum atomic E-state index is 0.308. The van der Waals surface area contributed by atoms with Gasteiger partial charge in [-0.05, 0) is 39.2 Å². The highest BCUT2D eigenvalue weighted by atomic mass is 16.5. The number of nitrogens with zero attached hydrogens (tertiary/aromatic N) is 1. The van der Waals surface area contributed by atoms with Gasteiger partial charge in [0.05, 0.1) is 6.10 Å². The van der Waals surface area contributed by atoms with E-state index in [-0.39, 0.29) is 0 Å². The van der Waals surface area contributed by atoms with Gasteiger partial charge >= 0.3 is 0 Å². The molecule has 0 amide bonds. The maximum atomic E-state index is 5.47. The summed E-state index contributed by atoms with van der Waals surface area (Å²) in [6.45, 7) is 11.6. The predicted molar refractivity (Wildman–Crippen MR) is 73.4 cm³/mol. The van der Waals surface area contributed by atoms with E-state index in [1.807, 2.05) is 14.2 Å². The van der Waals surface area contributed by atoms with Gasteiger partial charge < -0.3 is 10.1 Å².